The number of rotatable bonds is 4. The molecule has 0 N–H and O–H groups in total. The van der Waals surface area contributed by atoms with E-state index in [0.29, 0.717) is 18.4 Å². The summed E-state index contributed by atoms with van der Waals surface area (Å²) < 4.78 is 37.9. The fraction of sp³-hybridized carbons (Fsp3) is 0.500. The number of carbonyl (C=O) groups is 1. The van der Waals surface area contributed by atoms with Crippen LogP contribution in [0.5, 0.6) is 0 Å². The van der Waals surface area contributed by atoms with Gasteiger partial charge in [0.15, 0.2) is 0 Å². The first kappa shape index (κ1) is 18.2. The molecule has 1 fully saturated rings. The average Bonchev–Trinajstić information content (AvgIpc) is 2.90. The fourth-order valence-electron chi connectivity index (χ4n) is 2.23. The number of amides is 1. The van der Waals surface area contributed by atoms with Crippen molar-refractivity contribution >= 4 is 27.6 Å². The van der Waals surface area contributed by atoms with Crippen molar-refractivity contribution in [2.24, 2.45) is 0 Å². The van der Waals surface area contributed by atoms with Crippen LogP contribution in [0.4, 0.5) is 13.2 Å². The molecule has 0 aliphatic carbocycles. The van der Waals surface area contributed by atoms with Crippen LogP contribution in [-0.2, 0) is 4.79 Å². The first-order chi connectivity index (χ1) is 9.81. The van der Waals surface area contributed by atoms with E-state index in [2.05, 4.69) is 0 Å². The molecule has 118 valence electrons. The van der Waals surface area contributed by atoms with Crippen LogP contribution in [0.2, 0.25) is 0 Å². The lowest BCUT2D eigenvalue weighted by Crippen LogP contribution is -2.44. The zero-order valence-electron chi connectivity index (χ0n) is 11.8. The fourth-order valence-corrected chi connectivity index (χ4v) is 2.50. The summed E-state index contributed by atoms with van der Waals surface area (Å²) in [5.74, 6) is -1.77. The summed E-state index contributed by atoms with van der Waals surface area (Å²) in [5, 5.41) is 0. The van der Waals surface area contributed by atoms with Crippen LogP contribution in [-0.4, -0.2) is 29.6 Å². The van der Waals surface area contributed by atoms with Crippen LogP contribution >= 0.6 is 21.7 Å². The maximum Gasteiger partial charge on any atom is 0.471 e. The van der Waals surface area contributed by atoms with E-state index in [-0.39, 0.29) is 6.54 Å². The van der Waals surface area contributed by atoms with Crippen molar-refractivity contribution in [2.45, 2.75) is 38.9 Å². The van der Waals surface area contributed by atoms with E-state index in [1.54, 1.807) is 38.2 Å². The first-order valence-electron chi connectivity index (χ1n) is 6.48. The number of carbonyl (C=O) groups excluding carboxylic acids is 1. The van der Waals surface area contributed by atoms with E-state index in [9.17, 15) is 18.0 Å². The highest BCUT2D eigenvalue weighted by molar-refractivity contribution is 8.24. The third kappa shape index (κ3) is 5.11. The van der Waals surface area contributed by atoms with Crippen LogP contribution in [0, 0.1) is 0 Å². The summed E-state index contributed by atoms with van der Waals surface area (Å²) in [5.41, 5.74) is 0.678. The molecule has 0 aromatic carbocycles. The average molecular weight is 340 g/mol. The minimum absolute atomic E-state index is 0.130. The van der Waals surface area contributed by atoms with Gasteiger partial charge in [0.1, 0.15) is 0 Å². The lowest BCUT2D eigenvalue weighted by Gasteiger charge is -2.26. The van der Waals surface area contributed by atoms with Gasteiger partial charge in [0.05, 0.1) is 6.04 Å². The summed E-state index contributed by atoms with van der Waals surface area (Å²) in [7, 11) is 6.64. The van der Waals surface area contributed by atoms with E-state index < -0.39 is 18.1 Å². The number of likely N-dealkylation sites (tertiary alicyclic amines) is 1. The molecular formula is C14H17ClF3NOS. The van der Waals surface area contributed by atoms with E-state index >= 15 is 0 Å². The summed E-state index contributed by atoms with van der Waals surface area (Å²) in [4.78, 5) is 13.2. The second kappa shape index (κ2) is 7.94. The predicted molar refractivity (Wildman–Crippen MR) is 80.9 cm³/mol. The van der Waals surface area contributed by atoms with Crippen LogP contribution in [0.3, 0.4) is 0 Å². The molecule has 1 heterocycles. The van der Waals surface area contributed by atoms with Gasteiger partial charge in [-0.2, -0.15) is 13.2 Å². The number of hydrogen-bond donors (Lipinski definition) is 0. The molecule has 0 saturated carbocycles. The molecule has 1 rings (SSSR count). The third-order valence-electron chi connectivity index (χ3n) is 3.13. The van der Waals surface area contributed by atoms with Crippen LogP contribution < -0.4 is 0 Å². The minimum Gasteiger partial charge on any atom is -0.328 e. The number of nitrogens with zero attached hydrogens (tertiary/aromatic N) is 1. The van der Waals surface area contributed by atoms with Gasteiger partial charge in [-0.25, -0.2) is 0 Å². The molecular weight excluding hydrogens is 323 g/mol. The summed E-state index contributed by atoms with van der Waals surface area (Å²) in [6.07, 6.45) is 3.19. The second-order valence-corrected chi connectivity index (χ2v) is 5.94. The number of halogens is 4. The SMILES string of the molecule is C\C=C/C(=C\C=C(/C)SCl)C1CCCN1C(=O)C(F)(F)F. The van der Waals surface area contributed by atoms with Crippen molar-refractivity contribution in [2.75, 3.05) is 6.54 Å². The smallest absolute Gasteiger partial charge is 0.328 e. The predicted octanol–water partition coefficient (Wildman–Crippen LogP) is 4.83. The Kier molecular flexibility index (Phi) is 6.87. The molecule has 0 radical (unpaired) electrons. The van der Waals surface area contributed by atoms with Gasteiger partial charge in [-0.05, 0) is 58.8 Å². The Morgan fingerprint density at radius 2 is 2.05 bits per heavy atom. The lowest BCUT2D eigenvalue weighted by molar-refractivity contribution is -0.185. The van der Waals surface area contributed by atoms with Crippen molar-refractivity contribution < 1.29 is 18.0 Å². The van der Waals surface area contributed by atoms with Crippen LogP contribution in [0.1, 0.15) is 26.7 Å². The van der Waals surface area contributed by atoms with Crippen LogP contribution in [0.15, 0.2) is 34.8 Å². The minimum atomic E-state index is -4.83. The van der Waals surface area contributed by atoms with Gasteiger partial charge in [0.2, 0.25) is 0 Å². The largest absolute Gasteiger partial charge is 0.471 e. The number of allylic oxidation sites excluding steroid dienone is 4. The Morgan fingerprint density at radius 1 is 1.38 bits per heavy atom. The Bertz CT molecular complexity index is 471. The molecule has 1 amide bonds. The zero-order valence-corrected chi connectivity index (χ0v) is 13.4. The highest BCUT2D eigenvalue weighted by Gasteiger charge is 2.46. The van der Waals surface area contributed by atoms with Crippen molar-refractivity contribution in [3.63, 3.8) is 0 Å². The molecule has 1 aliphatic rings. The third-order valence-corrected chi connectivity index (χ3v) is 4.24. The van der Waals surface area contributed by atoms with Gasteiger partial charge in [-0.15, -0.1) is 0 Å². The molecule has 0 aromatic heterocycles. The van der Waals surface area contributed by atoms with Crippen molar-refractivity contribution in [3.05, 3.63) is 34.8 Å². The summed E-state index contributed by atoms with van der Waals surface area (Å²) >= 11 is 0. The normalized spacial score (nSPS) is 21.4. The van der Waals surface area contributed by atoms with Crippen LogP contribution in [0.25, 0.3) is 0 Å². The number of alkyl halides is 3. The summed E-state index contributed by atoms with van der Waals surface area (Å²) in [6.45, 7) is 3.71. The summed E-state index contributed by atoms with van der Waals surface area (Å²) in [6, 6.07) is -0.542. The van der Waals surface area contributed by atoms with Gasteiger partial charge in [-0.1, -0.05) is 24.3 Å². The zero-order chi connectivity index (χ0) is 16.0. The molecule has 7 heteroatoms. The molecule has 21 heavy (non-hydrogen) atoms. The Hall–Kier alpha value is -0.880. The Morgan fingerprint density at radius 3 is 2.57 bits per heavy atom. The monoisotopic (exact) mass is 339 g/mol. The molecule has 2 nitrogen and oxygen atoms in total. The van der Waals surface area contributed by atoms with Crippen molar-refractivity contribution in [1.29, 1.82) is 0 Å². The molecule has 1 atom stereocenters. The van der Waals surface area contributed by atoms with Gasteiger partial charge >= 0.3 is 12.1 Å². The molecule has 0 spiro atoms. The Balaban J connectivity index is 3.05. The molecule has 0 bridgehead atoms. The van der Waals surface area contributed by atoms with E-state index in [4.69, 9.17) is 10.7 Å². The van der Waals surface area contributed by atoms with Gasteiger partial charge < -0.3 is 4.90 Å². The highest BCUT2D eigenvalue weighted by atomic mass is 35.7. The van der Waals surface area contributed by atoms with E-state index in [1.807, 2.05) is 0 Å². The quantitative estimate of drug-likeness (QED) is 0.683. The molecule has 1 aliphatic heterocycles. The standard InChI is InChI=1S/C14H17ClF3NOS/c1-3-5-11(8-7-10(2)21-15)12-6-4-9-19(12)13(20)14(16,17)18/h3,5,7-8,12H,4,6,9H2,1-2H3/b5-3-,10-7+,11-8+. The topological polar surface area (TPSA) is 20.3 Å². The van der Waals surface area contributed by atoms with E-state index in [1.165, 1.54) is 0 Å². The van der Waals surface area contributed by atoms with Gasteiger partial charge in [0, 0.05) is 6.54 Å². The molecule has 0 aromatic rings. The van der Waals surface area contributed by atoms with E-state index in [0.717, 1.165) is 20.8 Å². The van der Waals surface area contributed by atoms with Gasteiger partial charge in [-0.3, -0.25) is 4.79 Å². The van der Waals surface area contributed by atoms with Crippen molar-refractivity contribution in [1.82, 2.24) is 4.90 Å². The van der Waals surface area contributed by atoms with Gasteiger partial charge in [0.25, 0.3) is 0 Å². The number of hydrogen-bond acceptors (Lipinski definition) is 2. The molecule has 1 unspecified atom stereocenters. The maximum absolute atomic E-state index is 12.6. The van der Waals surface area contributed by atoms with Crippen molar-refractivity contribution in [3.8, 4) is 0 Å². The maximum atomic E-state index is 12.6. The second-order valence-electron chi connectivity index (χ2n) is 4.68. The molecule has 1 saturated heterocycles. The Labute approximate surface area is 131 Å². The lowest BCUT2D eigenvalue weighted by atomic mass is 10.0. The highest BCUT2D eigenvalue weighted by Crippen LogP contribution is 2.30. The first-order valence-corrected chi connectivity index (χ1v) is 8.13.